The van der Waals surface area contributed by atoms with Crippen molar-refractivity contribution in [3.05, 3.63) is 58.9 Å². The van der Waals surface area contributed by atoms with Gasteiger partial charge in [0.15, 0.2) is 0 Å². The van der Waals surface area contributed by atoms with E-state index < -0.39 is 17.8 Å². The molecule has 0 aliphatic heterocycles. The van der Waals surface area contributed by atoms with Crippen LogP contribution in [0.3, 0.4) is 0 Å². The quantitative estimate of drug-likeness (QED) is 0.769. The molecule has 0 spiro atoms. The summed E-state index contributed by atoms with van der Waals surface area (Å²) in [6.07, 6.45) is 1.40. The number of ether oxygens (including phenoxy) is 1. The van der Waals surface area contributed by atoms with E-state index in [9.17, 15) is 14.4 Å². The van der Waals surface area contributed by atoms with Gasteiger partial charge in [0, 0.05) is 16.9 Å². The average molecular weight is 362 g/mol. The summed E-state index contributed by atoms with van der Waals surface area (Å²) in [4.78, 5) is 39.4. The Kier molecular flexibility index (Phi) is 6.47. The summed E-state index contributed by atoms with van der Waals surface area (Å²) in [7, 11) is 0. The molecule has 2 N–H and O–H groups in total. The molecule has 25 heavy (non-hydrogen) atoms. The van der Waals surface area contributed by atoms with Crippen LogP contribution in [0.5, 0.6) is 0 Å². The Morgan fingerprint density at radius 2 is 2.00 bits per heavy atom. The van der Waals surface area contributed by atoms with Crippen molar-refractivity contribution in [2.75, 3.05) is 18.5 Å². The predicted molar refractivity (Wildman–Crippen MR) is 92.6 cm³/mol. The minimum absolute atomic E-state index is 0.115. The van der Waals surface area contributed by atoms with Gasteiger partial charge in [0.25, 0.3) is 5.91 Å². The summed E-state index contributed by atoms with van der Waals surface area (Å²) in [6.45, 7) is 1.72. The van der Waals surface area contributed by atoms with Crippen LogP contribution in [0, 0.1) is 0 Å². The van der Waals surface area contributed by atoms with E-state index in [4.69, 9.17) is 16.3 Å². The van der Waals surface area contributed by atoms with Crippen molar-refractivity contribution in [3.63, 3.8) is 0 Å². The van der Waals surface area contributed by atoms with Gasteiger partial charge in [-0.1, -0.05) is 17.7 Å². The van der Waals surface area contributed by atoms with E-state index in [0.29, 0.717) is 16.3 Å². The first kappa shape index (κ1) is 18.4. The van der Waals surface area contributed by atoms with Crippen LogP contribution < -0.4 is 10.6 Å². The number of hydrogen-bond donors (Lipinski definition) is 2. The standard InChI is InChI=1S/C17H16ClN3O4/c1-2-25-17(24)11-4-3-5-13(8-11)21-15(22)10-20-16(23)14-9-12(18)6-7-19-14/h3-9H,2,10H2,1H3,(H,20,23)(H,21,22). The maximum atomic E-state index is 11.9. The molecule has 1 heterocycles. The lowest BCUT2D eigenvalue weighted by Crippen LogP contribution is -2.33. The molecule has 0 aliphatic carbocycles. The molecule has 7 nitrogen and oxygen atoms in total. The van der Waals surface area contributed by atoms with Crippen LogP contribution in [0.15, 0.2) is 42.6 Å². The second kappa shape index (κ2) is 8.79. The van der Waals surface area contributed by atoms with Crippen molar-refractivity contribution < 1.29 is 19.1 Å². The maximum Gasteiger partial charge on any atom is 0.338 e. The molecule has 0 saturated heterocycles. The van der Waals surface area contributed by atoms with Crippen LogP contribution in [0.1, 0.15) is 27.8 Å². The summed E-state index contributed by atoms with van der Waals surface area (Å²) >= 11 is 5.78. The normalized spacial score (nSPS) is 10.0. The lowest BCUT2D eigenvalue weighted by atomic mass is 10.2. The number of anilines is 1. The first-order chi connectivity index (χ1) is 12.0. The van der Waals surface area contributed by atoms with Crippen LogP contribution in [-0.4, -0.2) is 35.9 Å². The fourth-order valence-corrected chi connectivity index (χ4v) is 2.08. The molecular weight excluding hydrogens is 346 g/mol. The summed E-state index contributed by atoms with van der Waals surface area (Å²) in [5.74, 6) is -1.44. The summed E-state index contributed by atoms with van der Waals surface area (Å²) in [5.41, 5.74) is 0.863. The Hall–Kier alpha value is -2.93. The maximum absolute atomic E-state index is 11.9. The highest BCUT2D eigenvalue weighted by Crippen LogP contribution is 2.12. The number of benzene rings is 1. The number of nitrogens with zero attached hydrogens (tertiary/aromatic N) is 1. The fraction of sp³-hybridized carbons (Fsp3) is 0.176. The number of rotatable bonds is 6. The van der Waals surface area contributed by atoms with Gasteiger partial charge in [-0.05, 0) is 37.3 Å². The highest BCUT2D eigenvalue weighted by atomic mass is 35.5. The van der Waals surface area contributed by atoms with Gasteiger partial charge in [-0.25, -0.2) is 4.79 Å². The Labute approximate surface area is 149 Å². The van der Waals surface area contributed by atoms with E-state index >= 15 is 0 Å². The predicted octanol–water partition coefficient (Wildman–Crippen LogP) is 2.28. The number of pyridine rings is 1. The van der Waals surface area contributed by atoms with Crippen molar-refractivity contribution in [3.8, 4) is 0 Å². The Morgan fingerprint density at radius 3 is 2.72 bits per heavy atom. The van der Waals surface area contributed by atoms with Crippen molar-refractivity contribution in [2.24, 2.45) is 0 Å². The zero-order chi connectivity index (χ0) is 18.2. The lowest BCUT2D eigenvalue weighted by Gasteiger charge is -2.08. The first-order valence-electron chi connectivity index (χ1n) is 7.46. The van der Waals surface area contributed by atoms with Gasteiger partial charge >= 0.3 is 5.97 Å². The minimum atomic E-state index is -0.516. The molecule has 0 fully saturated rings. The average Bonchev–Trinajstić information content (AvgIpc) is 2.60. The van der Waals surface area contributed by atoms with Crippen molar-refractivity contribution in [1.29, 1.82) is 0 Å². The number of esters is 1. The third-order valence-electron chi connectivity index (χ3n) is 3.02. The van der Waals surface area contributed by atoms with Gasteiger partial charge in [-0.3, -0.25) is 14.6 Å². The summed E-state index contributed by atoms with van der Waals surface area (Å²) in [6, 6.07) is 9.27. The molecule has 2 aromatic rings. The van der Waals surface area contributed by atoms with Crippen LogP contribution in [0.2, 0.25) is 5.02 Å². The Morgan fingerprint density at radius 1 is 1.20 bits per heavy atom. The molecule has 2 amide bonds. The van der Waals surface area contributed by atoms with Crippen LogP contribution in [0.4, 0.5) is 5.69 Å². The number of halogens is 1. The molecule has 1 aromatic heterocycles. The zero-order valence-electron chi connectivity index (χ0n) is 13.4. The van der Waals surface area contributed by atoms with Crippen molar-refractivity contribution in [2.45, 2.75) is 6.92 Å². The van der Waals surface area contributed by atoms with E-state index in [0.717, 1.165) is 0 Å². The SMILES string of the molecule is CCOC(=O)c1cccc(NC(=O)CNC(=O)c2cc(Cl)ccn2)c1. The van der Waals surface area contributed by atoms with Gasteiger partial charge in [0.05, 0.1) is 18.7 Å². The van der Waals surface area contributed by atoms with Crippen LogP contribution in [-0.2, 0) is 9.53 Å². The Bertz CT molecular complexity index is 795. The number of carbonyl (C=O) groups excluding carboxylic acids is 3. The largest absolute Gasteiger partial charge is 0.462 e. The minimum Gasteiger partial charge on any atom is -0.462 e. The van der Waals surface area contributed by atoms with Crippen molar-refractivity contribution in [1.82, 2.24) is 10.3 Å². The van der Waals surface area contributed by atoms with Gasteiger partial charge < -0.3 is 15.4 Å². The highest BCUT2D eigenvalue weighted by Gasteiger charge is 2.11. The number of amides is 2. The molecule has 0 radical (unpaired) electrons. The van der Waals surface area contributed by atoms with E-state index in [1.165, 1.54) is 18.3 Å². The molecule has 1 aromatic carbocycles. The molecule has 8 heteroatoms. The number of aromatic nitrogens is 1. The van der Waals surface area contributed by atoms with Crippen LogP contribution >= 0.6 is 11.6 Å². The zero-order valence-corrected chi connectivity index (χ0v) is 14.2. The lowest BCUT2D eigenvalue weighted by molar-refractivity contribution is -0.115. The third-order valence-corrected chi connectivity index (χ3v) is 3.26. The molecular formula is C17H16ClN3O4. The van der Waals surface area contributed by atoms with E-state index in [1.807, 2.05) is 0 Å². The topological polar surface area (TPSA) is 97.4 Å². The molecule has 130 valence electrons. The molecule has 0 saturated carbocycles. The van der Waals surface area contributed by atoms with Crippen LogP contribution in [0.25, 0.3) is 0 Å². The third kappa shape index (κ3) is 5.58. The van der Waals surface area contributed by atoms with E-state index in [2.05, 4.69) is 15.6 Å². The van der Waals surface area contributed by atoms with Crippen molar-refractivity contribution >= 4 is 35.1 Å². The molecule has 2 rings (SSSR count). The number of carbonyl (C=O) groups is 3. The summed E-state index contributed by atoms with van der Waals surface area (Å²) in [5, 5.41) is 5.41. The fourth-order valence-electron chi connectivity index (χ4n) is 1.92. The van der Waals surface area contributed by atoms with Gasteiger partial charge in [-0.2, -0.15) is 0 Å². The molecule has 0 unspecified atom stereocenters. The van der Waals surface area contributed by atoms with Gasteiger partial charge in [0.1, 0.15) is 5.69 Å². The van der Waals surface area contributed by atoms with E-state index in [1.54, 1.807) is 31.2 Å². The Balaban J connectivity index is 1.91. The second-order valence-corrected chi connectivity index (χ2v) is 5.33. The highest BCUT2D eigenvalue weighted by molar-refractivity contribution is 6.30. The second-order valence-electron chi connectivity index (χ2n) is 4.89. The molecule has 0 aliphatic rings. The molecule has 0 bridgehead atoms. The number of hydrogen-bond acceptors (Lipinski definition) is 5. The summed E-state index contributed by atoms with van der Waals surface area (Å²) < 4.78 is 4.90. The first-order valence-corrected chi connectivity index (χ1v) is 7.84. The monoisotopic (exact) mass is 361 g/mol. The smallest absolute Gasteiger partial charge is 0.338 e. The number of nitrogens with one attached hydrogen (secondary N) is 2. The van der Waals surface area contributed by atoms with E-state index in [-0.39, 0.29) is 18.8 Å². The molecule has 0 atom stereocenters. The van der Waals surface area contributed by atoms with Gasteiger partial charge in [0.2, 0.25) is 5.91 Å². The van der Waals surface area contributed by atoms with Gasteiger partial charge in [-0.15, -0.1) is 0 Å².